The van der Waals surface area contributed by atoms with Crippen LogP contribution in [0.25, 0.3) is 0 Å². The first kappa shape index (κ1) is 12.2. The van der Waals surface area contributed by atoms with Gasteiger partial charge in [-0.3, -0.25) is 0 Å². The first-order chi connectivity index (χ1) is 8.78. The van der Waals surface area contributed by atoms with Crippen LogP contribution < -0.4 is 10.2 Å². The van der Waals surface area contributed by atoms with Crippen molar-refractivity contribution in [2.24, 2.45) is 0 Å². The molecule has 0 amide bonds. The molecule has 0 atom stereocenters. The van der Waals surface area contributed by atoms with Crippen molar-refractivity contribution < 1.29 is 0 Å². The minimum atomic E-state index is 0.692. The Labute approximate surface area is 114 Å². The van der Waals surface area contributed by atoms with E-state index in [1.807, 2.05) is 12.1 Å². The number of anilines is 1. The maximum atomic E-state index is 6.22. The van der Waals surface area contributed by atoms with E-state index in [4.69, 9.17) is 16.6 Å². The smallest absolute Gasteiger partial charge is 0.129 e. The van der Waals surface area contributed by atoms with E-state index in [0.717, 1.165) is 29.6 Å². The topological polar surface area (TPSA) is 28.2 Å². The molecule has 4 heteroatoms. The van der Waals surface area contributed by atoms with Crippen molar-refractivity contribution in [2.45, 2.75) is 51.2 Å². The van der Waals surface area contributed by atoms with Crippen molar-refractivity contribution in [3.05, 3.63) is 22.8 Å². The normalized spacial score (nSPS) is 19.0. The Kier molecular flexibility index (Phi) is 3.44. The van der Waals surface area contributed by atoms with Gasteiger partial charge in [0, 0.05) is 25.2 Å². The van der Waals surface area contributed by atoms with E-state index in [1.54, 1.807) is 0 Å². The lowest BCUT2D eigenvalue weighted by Crippen LogP contribution is -2.26. The van der Waals surface area contributed by atoms with Crippen molar-refractivity contribution >= 4 is 17.4 Å². The molecule has 2 saturated carbocycles. The molecular formula is C14H20ClN3. The van der Waals surface area contributed by atoms with Crippen LogP contribution in [0.1, 0.15) is 38.3 Å². The number of rotatable bonds is 6. The molecule has 98 valence electrons. The lowest BCUT2D eigenvalue weighted by atomic mass is 10.3. The highest BCUT2D eigenvalue weighted by molar-refractivity contribution is 6.31. The molecule has 2 aliphatic rings. The van der Waals surface area contributed by atoms with Gasteiger partial charge in [0.05, 0.1) is 10.7 Å². The second-order valence-electron chi connectivity index (χ2n) is 5.27. The molecule has 0 spiro atoms. The molecule has 0 saturated heterocycles. The van der Waals surface area contributed by atoms with Crippen molar-refractivity contribution in [3.63, 3.8) is 0 Å². The van der Waals surface area contributed by atoms with E-state index in [2.05, 4.69) is 17.1 Å². The van der Waals surface area contributed by atoms with Crippen LogP contribution in [0.3, 0.4) is 0 Å². The largest absolute Gasteiger partial charge is 0.354 e. The zero-order valence-electron chi connectivity index (χ0n) is 10.8. The van der Waals surface area contributed by atoms with Gasteiger partial charge in [0.15, 0.2) is 0 Å². The fourth-order valence-electron chi connectivity index (χ4n) is 2.28. The fraction of sp³-hybridized carbons (Fsp3) is 0.643. The quantitative estimate of drug-likeness (QED) is 0.857. The second kappa shape index (κ2) is 5.06. The first-order valence-corrected chi connectivity index (χ1v) is 7.31. The van der Waals surface area contributed by atoms with Gasteiger partial charge in [-0.1, -0.05) is 11.6 Å². The second-order valence-corrected chi connectivity index (χ2v) is 5.68. The molecule has 3 rings (SSSR count). The summed E-state index contributed by atoms with van der Waals surface area (Å²) in [5.41, 5.74) is 0.986. The summed E-state index contributed by atoms with van der Waals surface area (Å²) < 4.78 is 0. The fourth-order valence-corrected chi connectivity index (χ4v) is 2.45. The molecule has 2 fully saturated rings. The highest BCUT2D eigenvalue weighted by atomic mass is 35.5. The number of nitrogens with zero attached hydrogens (tertiary/aromatic N) is 2. The highest BCUT2D eigenvalue weighted by Crippen LogP contribution is 2.31. The summed E-state index contributed by atoms with van der Waals surface area (Å²) in [6.45, 7) is 4.01. The number of aromatic nitrogens is 1. The van der Waals surface area contributed by atoms with Crippen LogP contribution in [0.2, 0.25) is 5.02 Å². The summed E-state index contributed by atoms with van der Waals surface area (Å²) in [5, 5.41) is 4.25. The maximum Gasteiger partial charge on any atom is 0.129 e. The van der Waals surface area contributed by atoms with Gasteiger partial charge in [-0.2, -0.15) is 0 Å². The minimum Gasteiger partial charge on any atom is -0.354 e. The molecule has 1 aromatic rings. The molecule has 1 heterocycles. The number of hydrogen-bond acceptors (Lipinski definition) is 3. The molecular weight excluding hydrogens is 246 g/mol. The van der Waals surface area contributed by atoms with Gasteiger partial charge in [0.2, 0.25) is 0 Å². The van der Waals surface area contributed by atoms with Gasteiger partial charge in [0.1, 0.15) is 5.82 Å². The van der Waals surface area contributed by atoms with Crippen LogP contribution in [-0.4, -0.2) is 23.6 Å². The Morgan fingerprint density at radius 2 is 2.11 bits per heavy atom. The Morgan fingerprint density at radius 1 is 1.33 bits per heavy atom. The number of pyridine rings is 1. The average molecular weight is 266 g/mol. The molecule has 2 aliphatic carbocycles. The Balaban J connectivity index is 1.74. The zero-order chi connectivity index (χ0) is 12.5. The lowest BCUT2D eigenvalue weighted by Gasteiger charge is -2.22. The first-order valence-electron chi connectivity index (χ1n) is 6.93. The van der Waals surface area contributed by atoms with Crippen LogP contribution in [0.15, 0.2) is 12.1 Å². The number of hydrogen-bond donors (Lipinski definition) is 1. The third-order valence-electron chi connectivity index (χ3n) is 3.66. The Bertz CT molecular complexity index is 427. The van der Waals surface area contributed by atoms with Gasteiger partial charge in [-0.15, -0.1) is 0 Å². The minimum absolute atomic E-state index is 0.692. The van der Waals surface area contributed by atoms with E-state index in [-0.39, 0.29) is 0 Å². The summed E-state index contributed by atoms with van der Waals surface area (Å²) >= 11 is 6.22. The van der Waals surface area contributed by atoms with Crippen LogP contribution >= 0.6 is 11.6 Å². The Hall–Kier alpha value is -0.800. The van der Waals surface area contributed by atoms with Gasteiger partial charge in [0.25, 0.3) is 0 Å². The number of nitrogens with one attached hydrogen (secondary N) is 1. The van der Waals surface area contributed by atoms with Crippen LogP contribution in [-0.2, 0) is 6.54 Å². The van der Waals surface area contributed by atoms with E-state index in [9.17, 15) is 0 Å². The molecule has 0 radical (unpaired) electrons. The molecule has 0 bridgehead atoms. The van der Waals surface area contributed by atoms with Crippen LogP contribution in [0.4, 0.5) is 5.82 Å². The Morgan fingerprint density at radius 3 is 2.72 bits per heavy atom. The van der Waals surface area contributed by atoms with Crippen LogP contribution in [0, 0.1) is 0 Å². The SMILES string of the molecule is CCN(c1ccc(Cl)c(CNC2CC2)n1)C1CC1. The van der Waals surface area contributed by atoms with Crippen molar-refractivity contribution in [1.29, 1.82) is 0 Å². The third-order valence-corrected chi connectivity index (χ3v) is 4.01. The van der Waals surface area contributed by atoms with E-state index < -0.39 is 0 Å². The predicted octanol–water partition coefficient (Wildman–Crippen LogP) is 2.98. The number of halogens is 1. The predicted molar refractivity (Wildman–Crippen MR) is 75.2 cm³/mol. The van der Waals surface area contributed by atoms with Gasteiger partial charge >= 0.3 is 0 Å². The summed E-state index contributed by atoms with van der Waals surface area (Å²) in [6.07, 6.45) is 5.18. The van der Waals surface area contributed by atoms with E-state index in [0.29, 0.717) is 12.1 Å². The van der Waals surface area contributed by atoms with Crippen molar-refractivity contribution in [3.8, 4) is 0 Å². The molecule has 1 aromatic heterocycles. The molecule has 18 heavy (non-hydrogen) atoms. The van der Waals surface area contributed by atoms with Gasteiger partial charge in [-0.25, -0.2) is 4.98 Å². The molecule has 0 unspecified atom stereocenters. The lowest BCUT2D eigenvalue weighted by molar-refractivity contribution is 0.672. The van der Waals surface area contributed by atoms with E-state index >= 15 is 0 Å². The third kappa shape index (κ3) is 2.78. The van der Waals surface area contributed by atoms with E-state index in [1.165, 1.54) is 25.7 Å². The van der Waals surface area contributed by atoms with Crippen molar-refractivity contribution in [2.75, 3.05) is 11.4 Å². The average Bonchev–Trinajstić information content (AvgIpc) is 3.24. The summed E-state index contributed by atoms with van der Waals surface area (Å²) in [7, 11) is 0. The summed E-state index contributed by atoms with van der Waals surface area (Å²) in [6, 6.07) is 5.43. The molecule has 0 aromatic carbocycles. The molecule has 1 N–H and O–H groups in total. The molecule has 0 aliphatic heterocycles. The van der Waals surface area contributed by atoms with Gasteiger partial charge < -0.3 is 10.2 Å². The zero-order valence-corrected chi connectivity index (χ0v) is 11.6. The standard InChI is InChI=1S/C14H20ClN3/c1-2-18(11-5-6-11)14-8-7-12(15)13(17-14)9-16-10-3-4-10/h7-8,10-11,16H,2-6,9H2,1H3. The summed E-state index contributed by atoms with van der Waals surface area (Å²) in [4.78, 5) is 7.12. The molecule has 3 nitrogen and oxygen atoms in total. The van der Waals surface area contributed by atoms with Gasteiger partial charge in [-0.05, 0) is 44.7 Å². The monoisotopic (exact) mass is 265 g/mol. The highest BCUT2D eigenvalue weighted by Gasteiger charge is 2.29. The van der Waals surface area contributed by atoms with Crippen LogP contribution in [0.5, 0.6) is 0 Å². The summed E-state index contributed by atoms with van der Waals surface area (Å²) in [5.74, 6) is 1.08. The maximum absolute atomic E-state index is 6.22. The van der Waals surface area contributed by atoms with Crippen molar-refractivity contribution in [1.82, 2.24) is 10.3 Å².